The summed E-state index contributed by atoms with van der Waals surface area (Å²) in [6.45, 7) is 10.1. The van der Waals surface area contributed by atoms with Gasteiger partial charge in [-0.15, -0.1) is 0 Å². The molecular formula is C22H31NO4. The lowest BCUT2D eigenvalue weighted by Crippen LogP contribution is -2.55. The molecule has 27 heavy (non-hydrogen) atoms. The third kappa shape index (κ3) is 2.44. The SMILES string of the molecule is CC1=C(C)[C@H]2[C@H](C)NC(=O)[C@]23C(=O)CC[C@]2(C)O[C@@H]2[C@@H](C)C/C=C/[C@H]3[C@@H]1O. The first kappa shape index (κ1) is 18.9. The number of hydrogen-bond acceptors (Lipinski definition) is 4. The molecule has 1 spiro atoms. The molecular weight excluding hydrogens is 342 g/mol. The molecule has 0 aromatic carbocycles. The van der Waals surface area contributed by atoms with Crippen molar-refractivity contribution in [3.63, 3.8) is 0 Å². The summed E-state index contributed by atoms with van der Waals surface area (Å²) < 4.78 is 5.94. The second-order valence-corrected chi connectivity index (χ2v) is 9.36. The number of hydrogen-bond donors (Lipinski definition) is 2. The van der Waals surface area contributed by atoms with Gasteiger partial charge in [-0.05, 0) is 52.0 Å². The standard InChI is InChI=1S/C22H31NO4/c1-11-7-6-8-15-18(25)13(3)12(2)17-14(4)23-20(26)22(15,17)16(24)9-10-21(5)19(11)27-21/h6,8,11,14-15,17-19,25H,7,9-10H2,1-5H3,(H,23,26)/b8-6+/t11-,14-,15-,17-,18+,19+,21-,22+/m0/s1. The Morgan fingerprint density at radius 2 is 1.93 bits per heavy atom. The second-order valence-electron chi connectivity index (χ2n) is 9.36. The number of fused-ring (bicyclic) bond motifs is 1. The van der Waals surface area contributed by atoms with E-state index in [1.54, 1.807) is 0 Å². The summed E-state index contributed by atoms with van der Waals surface area (Å²) in [7, 11) is 0. The van der Waals surface area contributed by atoms with Gasteiger partial charge in [0.2, 0.25) is 5.91 Å². The zero-order valence-electron chi connectivity index (χ0n) is 16.9. The largest absolute Gasteiger partial charge is 0.388 e. The van der Waals surface area contributed by atoms with E-state index in [0.717, 1.165) is 17.6 Å². The van der Waals surface area contributed by atoms with E-state index in [-0.39, 0.29) is 35.4 Å². The van der Waals surface area contributed by atoms with Crippen LogP contribution in [0.1, 0.15) is 53.9 Å². The van der Waals surface area contributed by atoms with Gasteiger partial charge in [-0.25, -0.2) is 0 Å². The van der Waals surface area contributed by atoms with Crippen LogP contribution in [0.3, 0.4) is 0 Å². The molecule has 1 amide bonds. The molecule has 2 N–H and O–H groups in total. The number of carbonyl (C=O) groups excluding carboxylic acids is 2. The van der Waals surface area contributed by atoms with Crippen LogP contribution in [-0.2, 0) is 14.3 Å². The zero-order chi connectivity index (χ0) is 19.7. The Balaban J connectivity index is 1.85. The minimum absolute atomic E-state index is 0.0556. The van der Waals surface area contributed by atoms with Crippen LogP contribution < -0.4 is 5.32 Å². The van der Waals surface area contributed by atoms with Gasteiger partial charge in [0.1, 0.15) is 11.2 Å². The third-order valence-electron chi connectivity index (χ3n) is 7.74. The molecule has 0 radical (unpaired) electrons. The van der Waals surface area contributed by atoms with Crippen LogP contribution in [0.15, 0.2) is 23.3 Å². The molecule has 0 saturated carbocycles. The molecule has 0 aromatic heterocycles. The van der Waals surface area contributed by atoms with Gasteiger partial charge >= 0.3 is 0 Å². The number of aliphatic hydroxyl groups excluding tert-OH is 1. The van der Waals surface area contributed by atoms with Crippen molar-refractivity contribution in [2.45, 2.75) is 77.7 Å². The van der Waals surface area contributed by atoms with Crippen LogP contribution in [-0.4, -0.2) is 40.6 Å². The van der Waals surface area contributed by atoms with Gasteiger partial charge < -0.3 is 15.2 Å². The van der Waals surface area contributed by atoms with Crippen LogP contribution in [0.4, 0.5) is 0 Å². The number of carbonyl (C=O) groups is 2. The summed E-state index contributed by atoms with van der Waals surface area (Å²) in [6.07, 6.45) is 5.08. The minimum Gasteiger partial charge on any atom is -0.388 e. The predicted molar refractivity (Wildman–Crippen MR) is 102 cm³/mol. The van der Waals surface area contributed by atoms with Gasteiger partial charge in [0.15, 0.2) is 0 Å². The molecule has 8 atom stereocenters. The summed E-state index contributed by atoms with van der Waals surface area (Å²) in [4.78, 5) is 26.9. The summed E-state index contributed by atoms with van der Waals surface area (Å²) in [5.74, 6) is -0.658. The normalized spacial score (nSPS) is 50.9. The van der Waals surface area contributed by atoms with Crippen molar-refractivity contribution < 1.29 is 19.4 Å². The number of aliphatic hydroxyl groups is 1. The molecule has 2 aliphatic heterocycles. The highest BCUT2D eigenvalue weighted by Crippen LogP contribution is 2.56. The maximum absolute atomic E-state index is 13.6. The van der Waals surface area contributed by atoms with Crippen molar-refractivity contribution in [2.75, 3.05) is 0 Å². The van der Waals surface area contributed by atoms with E-state index >= 15 is 0 Å². The topological polar surface area (TPSA) is 78.9 Å². The number of allylic oxidation sites excluding steroid dienone is 1. The van der Waals surface area contributed by atoms with Crippen molar-refractivity contribution in [1.82, 2.24) is 5.32 Å². The summed E-state index contributed by atoms with van der Waals surface area (Å²) in [5.41, 5.74) is 0.375. The van der Waals surface area contributed by atoms with Crippen LogP contribution in [0, 0.1) is 23.2 Å². The number of rotatable bonds is 0. The monoisotopic (exact) mass is 373 g/mol. The van der Waals surface area contributed by atoms with Crippen molar-refractivity contribution in [1.29, 1.82) is 0 Å². The average Bonchev–Trinajstić information content (AvgIpc) is 3.22. The van der Waals surface area contributed by atoms with E-state index < -0.39 is 17.4 Å². The molecule has 2 saturated heterocycles. The quantitative estimate of drug-likeness (QED) is 0.389. The van der Waals surface area contributed by atoms with Crippen LogP contribution >= 0.6 is 0 Å². The zero-order valence-corrected chi connectivity index (χ0v) is 16.9. The van der Waals surface area contributed by atoms with Crippen molar-refractivity contribution >= 4 is 11.7 Å². The smallest absolute Gasteiger partial charge is 0.235 e. The number of epoxide rings is 1. The number of ether oxygens (including phenoxy) is 1. The first-order valence-electron chi connectivity index (χ1n) is 10.2. The van der Waals surface area contributed by atoms with E-state index in [1.807, 2.05) is 32.9 Å². The first-order valence-corrected chi connectivity index (χ1v) is 10.2. The first-order chi connectivity index (χ1) is 12.6. The molecule has 148 valence electrons. The van der Waals surface area contributed by atoms with Gasteiger partial charge in [-0.2, -0.15) is 0 Å². The lowest BCUT2D eigenvalue weighted by Gasteiger charge is -2.45. The predicted octanol–water partition coefficient (Wildman–Crippen LogP) is 2.54. The van der Waals surface area contributed by atoms with Crippen LogP contribution in [0.25, 0.3) is 0 Å². The highest BCUT2D eigenvalue weighted by atomic mass is 16.6. The van der Waals surface area contributed by atoms with Gasteiger partial charge in [0.25, 0.3) is 0 Å². The Morgan fingerprint density at radius 3 is 2.63 bits per heavy atom. The van der Waals surface area contributed by atoms with Gasteiger partial charge in [-0.3, -0.25) is 9.59 Å². The summed E-state index contributed by atoms with van der Waals surface area (Å²) in [6, 6.07) is -0.121. The molecule has 2 aliphatic carbocycles. The third-order valence-corrected chi connectivity index (χ3v) is 7.74. The molecule has 5 heteroatoms. The molecule has 2 heterocycles. The van der Waals surface area contributed by atoms with Gasteiger partial charge in [0, 0.05) is 24.3 Å². The van der Waals surface area contributed by atoms with Crippen molar-refractivity contribution in [3.8, 4) is 0 Å². The Morgan fingerprint density at radius 1 is 1.22 bits per heavy atom. The summed E-state index contributed by atoms with van der Waals surface area (Å²) >= 11 is 0. The molecule has 4 aliphatic rings. The number of Topliss-reactive ketones (excluding diaryl/α,β-unsaturated/α-hetero) is 1. The van der Waals surface area contributed by atoms with Crippen molar-refractivity contribution in [2.24, 2.45) is 23.2 Å². The number of nitrogens with one attached hydrogen (secondary N) is 1. The Bertz CT molecular complexity index is 755. The fourth-order valence-electron chi connectivity index (χ4n) is 6.07. The van der Waals surface area contributed by atoms with E-state index in [4.69, 9.17) is 4.74 Å². The minimum atomic E-state index is -1.22. The average molecular weight is 373 g/mol. The lowest BCUT2D eigenvalue weighted by atomic mass is 9.55. The van der Waals surface area contributed by atoms with E-state index in [1.165, 1.54) is 0 Å². The molecule has 0 unspecified atom stereocenters. The van der Waals surface area contributed by atoms with E-state index in [9.17, 15) is 14.7 Å². The Kier molecular flexibility index (Phi) is 4.21. The second kappa shape index (κ2) is 6.02. The van der Waals surface area contributed by atoms with Crippen LogP contribution in [0.2, 0.25) is 0 Å². The molecule has 0 aromatic rings. The molecule has 0 bridgehead atoms. The fraction of sp³-hybridized carbons (Fsp3) is 0.727. The summed E-state index contributed by atoms with van der Waals surface area (Å²) in [5, 5.41) is 14.1. The maximum atomic E-state index is 13.6. The van der Waals surface area contributed by atoms with Crippen molar-refractivity contribution in [3.05, 3.63) is 23.3 Å². The maximum Gasteiger partial charge on any atom is 0.235 e. The molecule has 5 nitrogen and oxygen atoms in total. The highest BCUT2D eigenvalue weighted by molar-refractivity contribution is 6.09. The number of amides is 1. The van der Waals surface area contributed by atoms with E-state index in [2.05, 4.69) is 19.2 Å². The highest BCUT2D eigenvalue weighted by Gasteiger charge is 2.66. The Labute approximate surface area is 161 Å². The van der Waals surface area contributed by atoms with E-state index in [0.29, 0.717) is 18.8 Å². The molecule has 4 rings (SSSR count). The van der Waals surface area contributed by atoms with Crippen LogP contribution in [0.5, 0.6) is 0 Å². The number of ketones is 1. The van der Waals surface area contributed by atoms with Gasteiger partial charge in [0.05, 0.1) is 17.8 Å². The fourth-order valence-corrected chi connectivity index (χ4v) is 6.07. The lowest BCUT2D eigenvalue weighted by molar-refractivity contribution is -0.147. The van der Waals surface area contributed by atoms with Gasteiger partial charge in [-0.1, -0.05) is 24.6 Å². The Hall–Kier alpha value is -1.46. The molecule has 2 fully saturated rings.